The maximum absolute atomic E-state index is 12.6. The minimum atomic E-state index is -4.35. The Morgan fingerprint density at radius 3 is 2.21 bits per heavy atom. The van der Waals surface area contributed by atoms with Gasteiger partial charge in [-0.15, -0.1) is 11.3 Å². The molecular formula is C23H22F3NO4S2. The van der Waals surface area contributed by atoms with Crippen molar-refractivity contribution in [2.24, 2.45) is 0 Å². The van der Waals surface area contributed by atoms with E-state index < -0.39 is 22.5 Å². The number of halogens is 3. The standard InChI is InChI=1S/C23H22F3NO4S2/c1-22(2,20(28)29)33-21-27-17(14-32-21)11-12-30-18-7-9-19(10-8-18)31-13-15-3-5-16(6-4-15)23(24,25)26/h3-10,14H,11-13H2,1-2H3,(H,28,29). The number of thioether (sulfide) groups is 1. The second kappa shape index (κ2) is 10.5. The van der Waals surface area contributed by atoms with Crippen LogP contribution in [-0.4, -0.2) is 27.4 Å². The molecule has 0 spiro atoms. The molecule has 0 aliphatic heterocycles. The number of ether oxygens (including phenoxy) is 2. The average Bonchev–Trinajstić information content (AvgIpc) is 3.19. The fourth-order valence-corrected chi connectivity index (χ4v) is 4.80. The Morgan fingerprint density at radius 2 is 1.64 bits per heavy atom. The van der Waals surface area contributed by atoms with Crippen molar-refractivity contribution in [3.63, 3.8) is 0 Å². The largest absolute Gasteiger partial charge is 0.493 e. The zero-order valence-electron chi connectivity index (χ0n) is 17.9. The lowest BCUT2D eigenvalue weighted by molar-refractivity contribution is -0.139. The third-order valence-corrected chi connectivity index (χ3v) is 6.70. The Balaban J connectivity index is 1.43. The van der Waals surface area contributed by atoms with Crippen molar-refractivity contribution in [1.29, 1.82) is 0 Å². The molecule has 1 heterocycles. The van der Waals surface area contributed by atoms with Crippen LogP contribution in [0.1, 0.15) is 30.7 Å². The van der Waals surface area contributed by atoms with Gasteiger partial charge in [0.05, 0.1) is 17.9 Å². The summed E-state index contributed by atoms with van der Waals surface area (Å²) in [7, 11) is 0. The van der Waals surface area contributed by atoms with E-state index in [1.807, 2.05) is 5.38 Å². The van der Waals surface area contributed by atoms with Gasteiger partial charge in [0.15, 0.2) is 4.34 Å². The van der Waals surface area contributed by atoms with Gasteiger partial charge in [-0.25, -0.2) is 4.98 Å². The number of nitrogens with zero attached hydrogens (tertiary/aromatic N) is 1. The molecule has 0 saturated carbocycles. The summed E-state index contributed by atoms with van der Waals surface area (Å²) in [6.45, 7) is 3.84. The third-order valence-electron chi connectivity index (χ3n) is 4.53. The number of rotatable bonds is 10. The summed E-state index contributed by atoms with van der Waals surface area (Å²) in [5.74, 6) is 0.331. The van der Waals surface area contributed by atoms with Gasteiger partial charge >= 0.3 is 12.1 Å². The van der Waals surface area contributed by atoms with Gasteiger partial charge in [0.2, 0.25) is 0 Å². The van der Waals surface area contributed by atoms with Crippen LogP contribution < -0.4 is 9.47 Å². The molecular weight excluding hydrogens is 475 g/mol. The Kier molecular flexibility index (Phi) is 7.91. The van der Waals surface area contributed by atoms with E-state index in [0.717, 1.165) is 17.8 Å². The summed E-state index contributed by atoms with van der Waals surface area (Å²) < 4.78 is 48.9. The maximum Gasteiger partial charge on any atom is 0.416 e. The summed E-state index contributed by atoms with van der Waals surface area (Å²) in [5.41, 5.74) is 0.778. The van der Waals surface area contributed by atoms with Crippen LogP contribution in [0.4, 0.5) is 13.2 Å². The highest BCUT2D eigenvalue weighted by Gasteiger charge is 2.30. The van der Waals surface area contributed by atoms with E-state index in [2.05, 4.69) is 4.98 Å². The van der Waals surface area contributed by atoms with Crippen LogP contribution in [0.3, 0.4) is 0 Å². The molecule has 10 heteroatoms. The normalized spacial score (nSPS) is 11.9. The lowest BCUT2D eigenvalue weighted by Gasteiger charge is -2.15. The topological polar surface area (TPSA) is 68.7 Å². The summed E-state index contributed by atoms with van der Waals surface area (Å²) in [5, 5.41) is 11.1. The predicted molar refractivity (Wildman–Crippen MR) is 121 cm³/mol. The third kappa shape index (κ3) is 7.40. The van der Waals surface area contributed by atoms with Crippen molar-refractivity contribution in [1.82, 2.24) is 4.98 Å². The monoisotopic (exact) mass is 497 g/mol. The molecule has 0 fully saturated rings. The van der Waals surface area contributed by atoms with Crippen LogP contribution in [0.15, 0.2) is 58.3 Å². The predicted octanol–water partition coefficient (Wildman–Crippen LogP) is 6.32. The van der Waals surface area contributed by atoms with Crippen LogP contribution in [0.2, 0.25) is 0 Å². The van der Waals surface area contributed by atoms with E-state index in [0.29, 0.717) is 34.4 Å². The van der Waals surface area contributed by atoms with E-state index in [1.54, 1.807) is 38.1 Å². The maximum atomic E-state index is 12.6. The molecule has 0 atom stereocenters. The van der Waals surface area contributed by atoms with Gasteiger partial charge in [-0.2, -0.15) is 13.2 Å². The highest BCUT2D eigenvalue weighted by atomic mass is 32.2. The second-order valence-corrected chi connectivity index (χ2v) is 10.3. The first-order valence-electron chi connectivity index (χ1n) is 9.91. The molecule has 2 aromatic carbocycles. The van der Waals surface area contributed by atoms with Crippen molar-refractivity contribution in [3.8, 4) is 11.5 Å². The quantitative estimate of drug-likeness (QED) is 0.331. The summed E-state index contributed by atoms with van der Waals surface area (Å²) >= 11 is 2.62. The zero-order chi connectivity index (χ0) is 24.1. The number of carboxylic acid groups (broad SMARTS) is 1. The first kappa shape index (κ1) is 24.9. The molecule has 33 heavy (non-hydrogen) atoms. The first-order chi connectivity index (χ1) is 15.5. The van der Waals surface area contributed by atoms with Crippen molar-refractivity contribution < 1.29 is 32.5 Å². The van der Waals surface area contributed by atoms with Gasteiger partial charge < -0.3 is 14.6 Å². The lowest BCUT2D eigenvalue weighted by atomic mass is 10.1. The fraction of sp³-hybridized carbons (Fsp3) is 0.304. The van der Waals surface area contributed by atoms with Crippen LogP contribution in [-0.2, 0) is 24.0 Å². The Bertz CT molecular complexity index is 1060. The summed E-state index contributed by atoms with van der Waals surface area (Å²) in [4.78, 5) is 15.7. The van der Waals surface area contributed by atoms with Crippen LogP contribution in [0.5, 0.6) is 11.5 Å². The molecule has 1 aromatic heterocycles. The molecule has 0 unspecified atom stereocenters. The van der Waals surface area contributed by atoms with Gasteiger partial charge in [0.25, 0.3) is 0 Å². The van der Waals surface area contributed by atoms with Gasteiger partial charge in [-0.05, 0) is 55.8 Å². The van der Waals surface area contributed by atoms with Crippen molar-refractivity contribution in [2.75, 3.05) is 6.61 Å². The molecule has 176 valence electrons. The Labute approximate surface area is 197 Å². The minimum Gasteiger partial charge on any atom is -0.493 e. The Hall–Kier alpha value is -2.72. The average molecular weight is 498 g/mol. The number of benzene rings is 2. The molecule has 0 bridgehead atoms. The number of hydrogen-bond donors (Lipinski definition) is 1. The number of aromatic nitrogens is 1. The van der Waals surface area contributed by atoms with Gasteiger partial charge in [0, 0.05) is 11.8 Å². The highest BCUT2D eigenvalue weighted by molar-refractivity contribution is 8.02. The molecule has 0 radical (unpaired) electrons. The van der Waals surface area contributed by atoms with Crippen molar-refractivity contribution in [3.05, 3.63) is 70.7 Å². The van der Waals surface area contributed by atoms with Crippen molar-refractivity contribution >= 4 is 29.1 Å². The SMILES string of the molecule is CC(C)(Sc1nc(CCOc2ccc(OCc3ccc(C(F)(F)F)cc3)cc2)cs1)C(=O)O. The van der Waals surface area contributed by atoms with E-state index in [1.165, 1.54) is 35.2 Å². The minimum absolute atomic E-state index is 0.154. The molecule has 0 saturated heterocycles. The number of aliphatic carboxylic acids is 1. The van der Waals surface area contributed by atoms with E-state index in [4.69, 9.17) is 9.47 Å². The molecule has 0 aliphatic carbocycles. The Morgan fingerprint density at radius 1 is 1.03 bits per heavy atom. The van der Waals surface area contributed by atoms with E-state index in [9.17, 15) is 23.1 Å². The lowest BCUT2D eigenvalue weighted by Crippen LogP contribution is -2.26. The molecule has 0 amide bonds. The number of alkyl halides is 3. The second-order valence-electron chi connectivity index (χ2n) is 7.58. The van der Waals surface area contributed by atoms with Gasteiger partial charge in [0.1, 0.15) is 22.9 Å². The number of carboxylic acids is 1. The number of carbonyl (C=O) groups is 1. The molecule has 3 rings (SSSR count). The van der Waals surface area contributed by atoms with E-state index in [-0.39, 0.29) is 6.61 Å². The van der Waals surface area contributed by atoms with Crippen molar-refractivity contribution in [2.45, 2.75) is 42.1 Å². The van der Waals surface area contributed by atoms with Crippen LogP contribution in [0, 0.1) is 0 Å². The van der Waals surface area contributed by atoms with E-state index >= 15 is 0 Å². The van der Waals surface area contributed by atoms with Gasteiger partial charge in [-0.1, -0.05) is 23.9 Å². The molecule has 1 N–H and O–H groups in total. The zero-order valence-corrected chi connectivity index (χ0v) is 19.5. The first-order valence-corrected chi connectivity index (χ1v) is 11.6. The summed E-state index contributed by atoms with van der Waals surface area (Å²) in [6.07, 6.45) is -3.77. The number of hydrogen-bond acceptors (Lipinski definition) is 6. The van der Waals surface area contributed by atoms with Crippen LogP contribution in [0.25, 0.3) is 0 Å². The molecule has 0 aliphatic rings. The highest BCUT2D eigenvalue weighted by Crippen LogP contribution is 2.34. The fourth-order valence-electron chi connectivity index (χ4n) is 2.57. The van der Waals surface area contributed by atoms with Crippen LogP contribution >= 0.6 is 23.1 Å². The smallest absolute Gasteiger partial charge is 0.416 e. The molecule has 5 nitrogen and oxygen atoms in total. The number of thiazole rings is 1. The summed E-state index contributed by atoms with van der Waals surface area (Å²) in [6, 6.07) is 11.8. The molecule has 3 aromatic rings. The van der Waals surface area contributed by atoms with Gasteiger partial charge in [-0.3, -0.25) is 4.79 Å².